The monoisotopic (exact) mass is 306 g/mol. The van der Waals surface area contributed by atoms with Crippen LogP contribution >= 0.6 is 0 Å². The van der Waals surface area contributed by atoms with E-state index in [4.69, 9.17) is 14.2 Å². The van der Waals surface area contributed by atoms with Gasteiger partial charge in [0.25, 0.3) is 0 Å². The molecular formula is C17H26N2O3. The number of hydrogen-bond acceptors (Lipinski definition) is 5. The predicted octanol–water partition coefficient (Wildman–Crippen LogP) is 2.04. The van der Waals surface area contributed by atoms with Crippen LogP contribution in [0.2, 0.25) is 0 Å². The van der Waals surface area contributed by atoms with Crippen molar-refractivity contribution >= 4 is 0 Å². The van der Waals surface area contributed by atoms with E-state index in [-0.39, 0.29) is 0 Å². The number of nitrogens with zero attached hydrogens (tertiary/aromatic N) is 1. The first kappa shape index (κ1) is 15.4. The highest BCUT2D eigenvalue weighted by molar-refractivity contribution is 5.54. The minimum absolute atomic E-state index is 0.557. The van der Waals surface area contributed by atoms with Crippen LogP contribution in [0, 0.1) is 0 Å². The van der Waals surface area contributed by atoms with Gasteiger partial charge in [-0.1, -0.05) is 0 Å². The Morgan fingerprint density at radius 2 is 2.14 bits per heavy atom. The molecule has 1 aromatic carbocycles. The van der Waals surface area contributed by atoms with Crippen molar-refractivity contribution in [1.29, 1.82) is 0 Å². The molecule has 122 valence electrons. The van der Waals surface area contributed by atoms with Crippen LogP contribution in [0.3, 0.4) is 0 Å². The van der Waals surface area contributed by atoms with Crippen molar-refractivity contribution < 1.29 is 14.2 Å². The van der Waals surface area contributed by atoms with Crippen molar-refractivity contribution in [1.82, 2.24) is 10.2 Å². The normalized spacial score (nSPS) is 21.4. The Morgan fingerprint density at radius 1 is 1.32 bits per heavy atom. The number of rotatable bonds is 5. The molecule has 5 nitrogen and oxygen atoms in total. The lowest BCUT2D eigenvalue weighted by Gasteiger charge is -2.22. The maximum absolute atomic E-state index is 5.69. The lowest BCUT2D eigenvalue weighted by atomic mass is 10.1. The predicted molar refractivity (Wildman–Crippen MR) is 85.9 cm³/mol. The van der Waals surface area contributed by atoms with Gasteiger partial charge >= 0.3 is 0 Å². The molecule has 0 aliphatic carbocycles. The average molecular weight is 306 g/mol. The van der Waals surface area contributed by atoms with Gasteiger partial charge in [-0.15, -0.1) is 0 Å². The van der Waals surface area contributed by atoms with Gasteiger partial charge < -0.3 is 19.5 Å². The number of likely N-dealkylation sites (tertiary alicyclic amines) is 1. The zero-order valence-electron chi connectivity index (χ0n) is 13.7. The molecule has 2 heterocycles. The van der Waals surface area contributed by atoms with E-state index in [0.29, 0.717) is 25.3 Å². The van der Waals surface area contributed by atoms with Crippen molar-refractivity contribution in [2.24, 2.45) is 0 Å². The van der Waals surface area contributed by atoms with Crippen LogP contribution in [0.5, 0.6) is 17.2 Å². The minimum Gasteiger partial charge on any atom is -0.493 e. The van der Waals surface area contributed by atoms with Crippen LogP contribution in [0.15, 0.2) is 12.1 Å². The van der Waals surface area contributed by atoms with Gasteiger partial charge in [-0.2, -0.15) is 0 Å². The van der Waals surface area contributed by atoms with Crippen LogP contribution in [0.4, 0.5) is 0 Å². The van der Waals surface area contributed by atoms with Gasteiger partial charge in [-0.25, -0.2) is 0 Å². The molecule has 2 aliphatic rings. The molecule has 1 saturated heterocycles. The molecule has 0 aromatic heterocycles. The standard InChI is InChI=1S/C17H26N2O3/c1-12(2)19-5-4-14(11-19)18-10-13-8-15(20-3)17-16(9-13)21-6-7-22-17/h8-9,12,14,18H,4-7,10-11H2,1-3H3. The fourth-order valence-electron chi connectivity index (χ4n) is 3.11. The van der Waals surface area contributed by atoms with Gasteiger partial charge in [0.2, 0.25) is 5.75 Å². The third-order valence-electron chi connectivity index (χ3n) is 4.43. The average Bonchev–Trinajstić information content (AvgIpc) is 3.01. The molecular weight excluding hydrogens is 280 g/mol. The Kier molecular flexibility index (Phi) is 4.74. The second kappa shape index (κ2) is 6.75. The maximum Gasteiger partial charge on any atom is 0.203 e. The second-order valence-electron chi connectivity index (χ2n) is 6.28. The minimum atomic E-state index is 0.557. The Morgan fingerprint density at radius 3 is 2.86 bits per heavy atom. The topological polar surface area (TPSA) is 43.0 Å². The van der Waals surface area contributed by atoms with Gasteiger partial charge in [0.05, 0.1) is 7.11 Å². The molecule has 5 heteroatoms. The lowest BCUT2D eigenvalue weighted by Crippen LogP contribution is -2.34. The molecule has 0 radical (unpaired) electrons. The lowest BCUT2D eigenvalue weighted by molar-refractivity contribution is 0.165. The first-order valence-electron chi connectivity index (χ1n) is 8.11. The largest absolute Gasteiger partial charge is 0.493 e. The highest BCUT2D eigenvalue weighted by Crippen LogP contribution is 2.40. The van der Waals surface area contributed by atoms with Gasteiger partial charge in [0.1, 0.15) is 13.2 Å². The Bertz CT molecular complexity index is 502. The molecule has 22 heavy (non-hydrogen) atoms. The number of hydrogen-bond donors (Lipinski definition) is 1. The molecule has 0 spiro atoms. The summed E-state index contributed by atoms with van der Waals surface area (Å²) in [5, 5.41) is 3.65. The number of fused-ring (bicyclic) bond motifs is 1. The second-order valence-corrected chi connectivity index (χ2v) is 6.28. The molecule has 3 rings (SSSR count). The zero-order valence-corrected chi connectivity index (χ0v) is 13.7. The van der Waals surface area contributed by atoms with Gasteiger partial charge in [-0.05, 0) is 44.5 Å². The highest BCUT2D eigenvalue weighted by atomic mass is 16.6. The fourth-order valence-corrected chi connectivity index (χ4v) is 3.11. The Hall–Kier alpha value is -1.46. The van der Waals surface area contributed by atoms with E-state index in [1.165, 1.54) is 18.5 Å². The molecule has 0 bridgehead atoms. The third-order valence-corrected chi connectivity index (χ3v) is 4.43. The molecule has 1 fully saturated rings. The van der Waals surface area contributed by atoms with E-state index in [9.17, 15) is 0 Å². The summed E-state index contributed by atoms with van der Waals surface area (Å²) >= 11 is 0. The van der Waals surface area contributed by atoms with Crippen molar-refractivity contribution in [2.45, 2.75) is 38.9 Å². The zero-order chi connectivity index (χ0) is 15.5. The summed E-state index contributed by atoms with van der Waals surface area (Å²) in [6.45, 7) is 8.82. The SMILES string of the molecule is COc1cc(CNC2CCN(C(C)C)C2)cc2c1OCCO2. The summed E-state index contributed by atoms with van der Waals surface area (Å²) in [6, 6.07) is 5.28. The van der Waals surface area contributed by atoms with Crippen LogP contribution in [0.25, 0.3) is 0 Å². The summed E-state index contributed by atoms with van der Waals surface area (Å²) in [7, 11) is 1.67. The summed E-state index contributed by atoms with van der Waals surface area (Å²) < 4.78 is 16.8. The van der Waals surface area contributed by atoms with Crippen molar-refractivity contribution in [3.63, 3.8) is 0 Å². The first-order chi connectivity index (χ1) is 10.7. The summed E-state index contributed by atoms with van der Waals surface area (Å²) in [6.07, 6.45) is 1.21. The van der Waals surface area contributed by atoms with Crippen molar-refractivity contribution in [2.75, 3.05) is 33.4 Å². The number of benzene rings is 1. The number of nitrogens with one attached hydrogen (secondary N) is 1. The molecule has 0 saturated carbocycles. The van der Waals surface area contributed by atoms with Crippen molar-refractivity contribution in [3.8, 4) is 17.2 Å². The Labute approximate surface area is 132 Å². The smallest absolute Gasteiger partial charge is 0.203 e. The summed E-state index contributed by atoms with van der Waals surface area (Å²) in [4.78, 5) is 2.52. The number of methoxy groups -OCH3 is 1. The summed E-state index contributed by atoms with van der Waals surface area (Å²) in [5.41, 5.74) is 1.17. The fraction of sp³-hybridized carbons (Fsp3) is 0.647. The van der Waals surface area contributed by atoms with E-state index >= 15 is 0 Å². The first-order valence-corrected chi connectivity index (χ1v) is 8.11. The van der Waals surface area contributed by atoms with Crippen LogP contribution in [-0.4, -0.2) is 50.4 Å². The summed E-state index contributed by atoms with van der Waals surface area (Å²) in [5.74, 6) is 2.27. The molecule has 1 aromatic rings. The molecule has 1 atom stereocenters. The van der Waals surface area contributed by atoms with Gasteiger partial charge in [0.15, 0.2) is 11.5 Å². The molecule has 0 amide bonds. The van der Waals surface area contributed by atoms with Crippen molar-refractivity contribution in [3.05, 3.63) is 17.7 Å². The maximum atomic E-state index is 5.69. The molecule has 1 unspecified atom stereocenters. The third kappa shape index (κ3) is 3.31. The number of ether oxygens (including phenoxy) is 3. The van der Waals surface area contributed by atoms with E-state index in [2.05, 4.69) is 30.1 Å². The van der Waals surface area contributed by atoms with E-state index in [0.717, 1.165) is 30.3 Å². The van der Waals surface area contributed by atoms with Gasteiger partial charge in [-0.3, -0.25) is 4.90 Å². The van der Waals surface area contributed by atoms with E-state index < -0.39 is 0 Å². The van der Waals surface area contributed by atoms with Crippen LogP contribution in [0.1, 0.15) is 25.8 Å². The molecule has 2 aliphatic heterocycles. The molecule has 1 N–H and O–H groups in total. The highest BCUT2D eigenvalue weighted by Gasteiger charge is 2.24. The quantitative estimate of drug-likeness (QED) is 0.902. The van der Waals surface area contributed by atoms with Gasteiger partial charge in [0, 0.05) is 25.2 Å². The van der Waals surface area contributed by atoms with E-state index in [1.54, 1.807) is 7.11 Å². The van der Waals surface area contributed by atoms with E-state index in [1.807, 2.05) is 6.07 Å². The van der Waals surface area contributed by atoms with Crippen LogP contribution < -0.4 is 19.5 Å². The van der Waals surface area contributed by atoms with Crippen LogP contribution in [-0.2, 0) is 6.54 Å². The Balaban J connectivity index is 1.63.